The summed E-state index contributed by atoms with van der Waals surface area (Å²) in [4.78, 5) is 18.2. The Hall–Kier alpha value is -1.36. The molecule has 0 aliphatic heterocycles. The Balaban J connectivity index is 3.10. The van der Waals surface area contributed by atoms with E-state index in [0.29, 0.717) is 12.4 Å². The zero-order valence-corrected chi connectivity index (χ0v) is 10.8. The Morgan fingerprint density at radius 3 is 2.71 bits per heavy atom. The van der Waals surface area contributed by atoms with E-state index in [4.69, 9.17) is 5.11 Å². The number of aliphatic hydroxyl groups excluding tert-OH is 1. The molecule has 0 bridgehead atoms. The van der Waals surface area contributed by atoms with E-state index >= 15 is 0 Å². The highest BCUT2D eigenvalue weighted by Crippen LogP contribution is 2.06. The summed E-state index contributed by atoms with van der Waals surface area (Å²) in [6.45, 7) is 7.15. The van der Waals surface area contributed by atoms with Crippen LogP contribution in [-0.4, -0.2) is 34.4 Å². The van der Waals surface area contributed by atoms with Crippen LogP contribution < -0.4 is 10.5 Å². The lowest BCUT2D eigenvalue weighted by Gasteiger charge is -2.22. The average molecular weight is 239 g/mol. The summed E-state index contributed by atoms with van der Waals surface area (Å²) >= 11 is 0. The highest BCUT2D eigenvalue weighted by Gasteiger charge is 2.13. The zero-order valence-electron chi connectivity index (χ0n) is 10.8. The van der Waals surface area contributed by atoms with Crippen LogP contribution in [0.3, 0.4) is 0 Å². The molecule has 0 saturated heterocycles. The van der Waals surface area contributed by atoms with Crippen molar-refractivity contribution in [2.24, 2.45) is 0 Å². The van der Waals surface area contributed by atoms with Crippen molar-refractivity contribution in [1.82, 2.24) is 9.55 Å². The normalized spacial score (nSPS) is 10.9. The van der Waals surface area contributed by atoms with Gasteiger partial charge in [0.2, 0.25) is 0 Å². The van der Waals surface area contributed by atoms with E-state index in [-0.39, 0.29) is 18.2 Å². The predicted octanol–water partition coefficient (Wildman–Crippen LogP) is 1.03. The van der Waals surface area contributed by atoms with Crippen LogP contribution in [-0.2, 0) is 0 Å². The first-order valence-electron chi connectivity index (χ1n) is 6.04. The monoisotopic (exact) mass is 239 g/mol. The molecule has 0 atom stereocenters. The second kappa shape index (κ2) is 6.39. The first kappa shape index (κ1) is 13.7. The summed E-state index contributed by atoms with van der Waals surface area (Å²) in [7, 11) is 0. The van der Waals surface area contributed by atoms with Crippen molar-refractivity contribution in [1.29, 1.82) is 0 Å². The van der Waals surface area contributed by atoms with E-state index in [1.54, 1.807) is 17.0 Å². The van der Waals surface area contributed by atoms with Gasteiger partial charge in [-0.3, -0.25) is 4.79 Å². The van der Waals surface area contributed by atoms with Gasteiger partial charge in [0, 0.05) is 31.5 Å². The number of aromatic nitrogens is 2. The molecule has 0 saturated carbocycles. The summed E-state index contributed by atoms with van der Waals surface area (Å²) in [5.74, 6) is 0.428. The van der Waals surface area contributed by atoms with Crippen molar-refractivity contribution in [2.45, 2.75) is 33.2 Å². The molecule has 0 aromatic carbocycles. The maximum Gasteiger partial charge on any atom is 0.293 e. The molecule has 0 radical (unpaired) electrons. The van der Waals surface area contributed by atoms with Gasteiger partial charge in [-0.25, -0.2) is 4.98 Å². The minimum absolute atomic E-state index is 0.0255. The molecule has 1 aromatic rings. The van der Waals surface area contributed by atoms with E-state index in [0.717, 1.165) is 13.0 Å². The Bertz CT molecular complexity index is 395. The fourth-order valence-corrected chi connectivity index (χ4v) is 1.75. The third kappa shape index (κ3) is 3.30. The molecule has 0 amide bonds. The van der Waals surface area contributed by atoms with Crippen molar-refractivity contribution in [3.05, 3.63) is 22.7 Å². The maximum atomic E-state index is 12.2. The Kier molecular flexibility index (Phi) is 5.15. The molecule has 0 aliphatic carbocycles. The molecular formula is C12H21N3O2. The topological polar surface area (TPSA) is 58.4 Å². The van der Waals surface area contributed by atoms with Crippen molar-refractivity contribution in [3.8, 4) is 0 Å². The lowest BCUT2D eigenvalue weighted by Crippen LogP contribution is -2.36. The van der Waals surface area contributed by atoms with Gasteiger partial charge in [0.1, 0.15) is 0 Å². The van der Waals surface area contributed by atoms with E-state index < -0.39 is 0 Å². The fraction of sp³-hybridized carbons (Fsp3) is 0.667. The van der Waals surface area contributed by atoms with Gasteiger partial charge in [0.25, 0.3) is 5.56 Å². The number of aliphatic hydroxyl groups is 1. The smallest absolute Gasteiger partial charge is 0.293 e. The molecule has 0 aliphatic rings. The highest BCUT2D eigenvalue weighted by molar-refractivity contribution is 5.35. The van der Waals surface area contributed by atoms with Gasteiger partial charge in [-0.05, 0) is 20.3 Å². The van der Waals surface area contributed by atoms with E-state index in [1.807, 2.05) is 25.7 Å². The van der Waals surface area contributed by atoms with Gasteiger partial charge in [-0.1, -0.05) is 6.92 Å². The second-order valence-electron chi connectivity index (χ2n) is 4.27. The molecule has 0 spiro atoms. The number of nitrogens with zero attached hydrogens (tertiary/aromatic N) is 3. The van der Waals surface area contributed by atoms with Gasteiger partial charge < -0.3 is 14.6 Å². The van der Waals surface area contributed by atoms with Crippen LogP contribution in [0.2, 0.25) is 0 Å². The SMILES string of the molecule is CCCN(CCO)c1nccn(C(C)C)c1=O. The third-order valence-corrected chi connectivity index (χ3v) is 2.57. The highest BCUT2D eigenvalue weighted by atomic mass is 16.3. The summed E-state index contributed by atoms with van der Waals surface area (Å²) in [5.41, 5.74) is -0.0931. The van der Waals surface area contributed by atoms with Crippen LogP contribution in [0.5, 0.6) is 0 Å². The molecule has 0 fully saturated rings. The van der Waals surface area contributed by atoms with Gasteiger partial charge in [-0.2, -0.15) is 0 Å². The molecule has 1 aromatic heterocycles. The first-order valence-corrected chi connectivity index (χ1v) is 6.04. The van der Waals surface area contributed by atoms with Crippen LogP contribution in [0.15, 0.2) is 17.2 Å². The summed E-state index contributed by atoms with van der Waals surface area (Å²) in [6.07, 6.45) is 4.24. The van der Waals surface area contributed by atoms with Crippen LogP contribution in [0, 0.1) is 0 Å². The molecule has 1 heterocycles. The maximum absolute atomic E-state index is 12.2. The first-order chi connectivity index (χ1) is 8.11. The molecule has 0 unspecified atom stereocenters. The predicted molar refractivity (Wildman–Crippen MR) is 68.5 cm³/mol. The quantitative estimate of drug-likeness (QED) is 0.805. The number of hydrogen-bond donors (Lipinski definition) is 1. The largest absolute Gasteiger partial charge is 0.395 e. The zero-order chi connectivity index (χ0) is 12.8. The van der Waals surface area contributed by atoms with Crippen molar-refractivity contribution < 1.29 is 5.11 Å². The number of anilines is 1. The average Bonchev–Trinajstić information content (AvgIpc) is 2.29. The third-order valence-electron chi connectivity index (χ3n) is 2.57. The minimum Gasteiger partial charge on any atom is -0.395 e. The fourth-order valence-electron chi connectivity index (χ4n) is 1.75. The van der Waals surface area contributed by atoms with Gasteiger partial charge >= 0.3 is 0 Å². The van der Waals surface area contributed by atoms with Crippen molar-refractivity contribution in [3.63, 3.8) is 0 Å². The van der Waals surface area contributed by atoms with E-state index in [9.17, 15) is 4.79 Å². The van der Waals surface area contributed by atoms with Crippen LogP contribution in [0.1, 0.15) is 33.2 Å². The molecule has 5 nitrogen and oxygen atoms in total. The van der Waals surface area contributed by atoms with Crippen LogP contribution >= 0.6 is 0 Å². The summed E-state index contributed by atoms with van der Waals surface area (Å²) in [5, 5.41) is 9.02. The molecule has 96 valence electrons. The molecule has 5 heteroatoms. The van der Waals surface area contributed by atoms with E-state index in [2.05, 4.69) is 4.98 Å². The van der Waals surface area contributed by atoms with Crippen LogP contribution in [0.25, 0.3) is 0 Å². The van der Waals surface area contributed by atoms with Gasteiger partial charge in [0.05, 0.1) is 6.61 Å². The number of hydrogen-bond acceptors (Lipinski definition) is 4. The Morgan fingerprint density at radius 1 is 1.47 bits per heavy atom. The number of rotatable bonds is 6. The molecule has 1 N–H and O–H groups in total. The minimum atomic E-state index is -0.0931. The van der Waals surface area contributed by atoms with Gasteiger partial charge in [0.15, 0.2) is 5.82 Å². The van der Waals surface area contributed by atoms with E-state index in [1.165, 1.54) is 0 Å². The van der Waals surface area contributed by atoms with Gasteiger partial charge in [-0.15, -0.1) is 0 Å². The standard InChI is InChI=1S/C12H21N3O2/c1-4-6-14(8-9-16)11-12(17)15(10(2)3)7-5-13-11/h5,7,10,16H,4,6,8-9H2,1-3H3. The van der Waals surface area contributed by atoms with Crippen molar-refractivity contribution >= 4 is 5.82 Å². The molecule has 17 heavy (non-hydrogen) atoms. The Labute approximate surface area is 102 Å². The second-order valence-corrected chi connectivity index (χ2v) is 4.27. The van der Waals surface area contributed by atoms with Crippen LogP contribution in [0.4, 0.5) is 5.82 Å². The Morgan fingerprint density at radius 2 is 2.18 bits per heavy atom. The van der Waals surface area contributed by atoms with Crippen molar-refractivity contribution in [2.75, 3.05) is 24.6 Å². The summed E-state index contributed by atoms with van der Waals surface area (Å²) in [6, 6.07) is 0.113. The molecule has 1 rings (SSSR count). The lowest BCUT2D eigenvalue weighted by molar-refractivity contribution is 0.301. The molecular weight excluding hydrogens is 218 g/mol. The summed E-state index contributed by atoms with van der Waals surface area (Å²) < 4.78 is 1.66. The lowest BCUT2D eigenvalue weighted by atomic mass is 10.3.